The van der Waals surface area contributed by atoms with E-state index in [9.17, 15) is 0 Å². The largest absolute Gasteiger partial charge is 0.329 e. The first-order chi connectivity index (χ1) is 7.70. The predicted octanol–water partition coefficient (Wildman–Crippen LogP) is 3.24. The second-order valence-electron chi connectivity index (χ2n) is 4.64. The highest BCUT2D eigenvalue weighted by Gasteiger charge is 2.24. The zero-order valence-electron chi connectivity index (χ0n) is 9.66. The van der Waals surface area contributed by atoms with Crippen molar-refractivity contribution in [2.24, 2.45) is 11.7 Å². The average Bonchev–Trinajstić information content (AvgIpc) is 2.69. The molecule has 1 aromatic rings. The van der Waals surface area contributed by atoms with Crippen LogP contribution in [0.15, 0.2) is 15.9 Å². The van der Waals surface area contributed by atoms with E-state index >= 15 is 0 Å². The summed E-state index contributed by atoms with van der Waals surface area (Å²) in [4.78, 5) is 3.93. The van der Waals surface area contributed by atoms with Gasteiger partial charge in [0.2, 0.25) is 0 Å². The lowest BCUT2D eigenvalue weighted by Crippen LogP contribution is -2.39. The Balaban J connectivity index is 2.05. The van der Waals surface area contributed by atoms with Crippen molar-refractivity contribution in [2.45, 2.75) is 25.8 Å². The molecule has 1 saturated heterocycles. The summed E-state index contributed by atoms with van der Waals surface area (Å²) < 4.78 is 1.18. The van der Waals surface area contributed by atoms with Crippen LogP contribution in [-0.2, 0) is 0 Å². The molecule has 16 heavy (non-hydrogen) atoms. The second-order valence-corrected chi connectivity index (χ2v) is 6.50. The van der Waals surface area contributed by atoms with E-state index in [-0.39, 0.29) is 0 Å². The maximum absolute atomic E-state index is 5.93. The van der Waals surface area contributed by atoms with E-state index < -0.39 is 0 Å². The van der Waals surface area contributed by atoms with Crippen molar-refractivity contribution in [2.75, 3.05) is 19.6 Å². The Kier molecular flexibility index (Phi) is 4.41. The molecule has 4 heteroatoms. The van der Waals surface area contributed by atoms with Gasteiger partial charge in [-0.25, -0.2) is 0 Å². The number of likely N-dealkylation sites (tertiary alicyclic amines) is 1. The summed E-state index contributed by atoms with van der Waals surface area (Å²) in [5, 5.41) is 2.14. The summed E-state index contributed by atoms with van der Waals surface area (Å²) in [6.07, 6.45) is 2.62. The summed E-state index contributed by atoms with van der Waals surface area (Å²) in [6, 6.07) is 2.63. The number of thiophene rings is 1. The third-order valence-corrected chi connectivity index (χ3v) is 5.19. The lowest BCUT2D eigenvalue weighted by atomic mass is 9.97. The molecule has 0 bridgehead atoms. The fourth-order valence-corrected chi connectivity index (χ4v) is 3.88. The molecule has 1 aliphatic heterocycles. The van der Waals surface area contributed by atoms with E-state index in [1.54, 1.807) is 0 Å². The van der Waals surface area contributed by atoms with Crippen LogP contribution in [0.5, 0.6) is 0 Å². The van der Waals surface area contributed by atoms with Crippen molar-refractivity contribution >= 4 is 27.3 Å². The standard InChI is InChI=1S/C12H19BrN2S/c1-9-2-4-15(5-3-9)11(7-14)12-6-10(13)8-16-12/h6,8-9,11H,2-5,7,14H2,1H3. The monoisotopic (exact) mass is 302 g/mol. The smallest absolute Gasteiger partial charge is 0.0564 e. The molecule has 1 unspecified atom stereocenters. The van der Waals surface area contributed by atoms with Crippen molar-refractivity contribution < 1.29 is 0 Å². The van der Waals surface area contributed by atoms with Gasteiger partial charge < -0.3 is 5.73 Å². The number of nitrogens with zero attached hydrogens (tertiary/aromatic N) is 1. The summed E-state index contributed by atoms with van der Waals surface area (Å²) >= 11 is 5.32. The zero-order chi connectivity index (χ0) is 11.5. The maximum Gasteiger partial charge on any atom is 0.0564 e. The Hall–Kier alpha value is 0.1000. The van der Waals surface area contributed by atoms with Gasteiger partial charge in [0, 0.05) is 21.3 Å². The highest BCUT2D eigenvalue weighted by molar-refractivity contribution is 9.10. The Labute approximate surface area is 110 Å². The van der Waals surface area contributed by atoms with Gasteiger partial charge in [-0.1, -0.05) is 6.92 Å². The Morgan fingerprint density at radius 2 is 2.25 bits per heavy atom. The SMILES string of the molecule is CC1CCN(C(CN)c2cc(Br)cs2)CC1. The van der Waals surface area contributed by atoms with E-state index in [4.69, 9.17) is 5.73 Å². The number of halogens is 1. The highest BCUT2D eigenvalue weighted by Crippen LogP contribution is 2.31. The number of piperidine rings is 1. The number of rotatable bonds is 3. The molecule has 2 N–H and O–H groups in total. The van der Waals surface area contributed by atoms with Gasteiger partial charge in [-0.2, -0.15) is 0 Å². The van der Waals surface area contributed by atoms with Gasteiger partial charge in [-0.05, 0) is 53.8 Å². The fourth-order valence-electron chi connectivity index (χ4n) is 2.29. The van der Waals surface area contributed by atoms with Gasteiger partial charge in [-0.3, -0.25) is 4.90 Å². The minimum Gasteiger partial charge on any atom is -0.329 e. The van der Waals surface area contributed by atoms with Crippen LogP contribution in [0.25, 0.3) is 0 Å². The fraction of sp³-hybridized carbons (Fsp3) is 0.667. The van der Waals surface area contributed by atoms with E-state index in [0.29, 0.717) is 6.04 Å². The van der Waals surface area contributed by atoms with Crippen molar-refractivity contribution in [3.05, 3.63) is 20.8 Å². The molecule has 2 heterocycles. The van der Waals surface area contributed by atoms with Crippen LogP contribution in [-0.4, -0.2) is 24.5 Å². The molecule has 1 aromatic heterocycles. The number of hydrogen-bond donors (Lipinski definition) is 1. The molecule has 0 saturated carbocycles. The lowest BCUT2D eigenvalue weighted by Gasteiger charge is -2.35. The molecule has 0 amide bonds. The molecular weight excluding hydrogens is 284 g/mol. The van der Waals surface area contributed by atoms with E-state index in [2.05, 4.69) is 39.2 Å². The minimum atomic E-state index is 0.420. The van der Waals surface area contributed by atoms with Gasteiger partial charge >= 0.3 is 0 Å². The quantitative estimate of drug-likeness (QED) is 0.929. The molecule has 0 aliphatic carbocycles. The second kappa shape index (κ2) is 5.63. The van der Waals surface area contributed by atoms with Gasteiger partial charge in [0.05, 0.1) is 6.04 Å². The first-order valence-corrected chi connectivity index (χ1v) is 7.56. The third kappa shape index (κ3) is 2.86. The van der Waals surface area contributed by atoms with E-state index in [1.807, 2.05) is 11.3 Å². The van der Waals surface area contributed by atoms with E-state index in [1.165, 1.54) is 35.3 Å². The van der Waals surface area contributed by atoms with Crippen LogP contribution in [0.4, 0.5) is 0 Å². The molecule has 0 spiro atoms. The average molecular weight is 303 g/mol. The van der Waals surface area contributed by atoms with Crippen LogP contribution >= 0.6 is 27.3 Å². The van der Waals surface area contributed by atoms with Crippen LogP contribution in [0.2, 0.25) is 0 Å². The Bertz CT molecular complexity index is 332. The van der Waals surface area contributed by atoms with Crippen molar-refractivity contribution in [3.8, 4) is 0 Å². The Morgan fingerprint density at radius 1 is 1.56 bits per heavy atom. The topological polar surface area (TPSA) is 29.3 Å². The lowest BCUT2D eigenvalue weighted by molar-refractivity contribution is 0.143. The van der Waals surface area contributed by atoms with Crippen LogP contribution in [0.3, 0.4) is 0 Å². The van der Waals surface area contributed by atoms with Crippen LogP contribution in [0.1, 0.15) is 30.7 Å². The van der Waals surface area contributed by atoms with Gasteiger partial charge in [0.25, 0.3) is 0 Å². The van der Waals surface area contributed by atoms with Gasteiger partial charge in [0.15, 0.2) is 0 Å². The van der Waals surface area contributed by atoms with Crippen molar-refractivity contribution in [1.82, 2.24) is 4.90 Å². The molecular formula is C12H19BrN2S. The summed E-state index contributed by atoms with van der Waals surface area (Å²) in [5.41, 5.74) is 5.93. The van der Waals surface area contributed by atoms with E-state index in [0.717, 1.165) is 12.5 Å². The summed E-state index contributed by atoms with van der Waals surface area (Å²) in [6.45, 7) is 5.45. The van der Waals surface area contributed by atoms with Crippen molar-refractivity contribution in [3.63, 3.8) is 0 Å². The zero-order valence-corrected chi connectivity index (χ0v) is 12.1. The molecule has 90 valence electrons. The first kappa shape index (κ1) is 12.6. The number of nitrogens with two attached hydrogens (primary N) is 1. The van der Waals surface area contributed by atoms with Crippen LogP contribution in [0, 0.1) is 5.92 Å². The molecule has 2 nitrogen and oxygen atoms in total. The third-order valence-electron chi connectivity index (χ3n) is 3.40. The molecule has 1 atom stereocenters. The van der Waals surface area contributed by atoms with Gasteiger partial charge in [0.1, 0.15) is 0 Å². The molecule has 0 radical (unpaired) electrons. The maximum atomic E-state index is 5.93. The molecule has 2 rings (SSSR count). The molecule has 1 aliphatic rings. The molecule has 0 aromatic carbocycles. The summed E-state index contributed by atoms with van der Waals surface area (Å²) in [7, 11) is 0. The normalized spacial score (nSPS) is 21.2. The van der Waals surface area contributed by atoms with Crippen LogP contribution < -0.4 is 5.73 Å². The Morgan fingerprint density at radius 3 is 2.75 bits per heavy atom. The minimum absolute atomic E-state index is 0.420. The molecule has 1 fully saturated rings. The number of hydrogen-bond acceptors (Lipinski definition) is 3. The summed E-state index contributed by atoms with van der Waals surface area (Å²) in [5.74, 6) is 0.879. The predicted molar refractivity (Wildman–Crippen MR) is 73.8 cm³/mol. The first-order valence-electron chi connectivity index (χ1n) is 5.88. The van der Waals surface area contributed by atoms with Crippen molar-refractivity contribution in [1.29, 1.82) is 0 Å². The highest BCUT2D eigenvalue weighted by atomic mass is 79.9. The van der Waals surface area contributed by atoms with Gasteiger partial charge in [-0.15, -0.1) is 11.3 Å².